The van der Waals surface area contributed by atoms with Crippen LogP contribution in [-0.2, 0) is 0 Å². The number of aromatic nitrogens is 1. The van der Waals surface area contributed by atoms with Crippen LogP contribution in [0.25, 0.3) is 11.3 Å². The lowest BCUT2D eigenvalue weighted by Crippen LogP contribution is -2.12. The smallest absolute Gasteiger partial charge is 0.183 e. The first kappa shape index (κ1) is 12.4. The molecule has 90 valence electrons. The minimum Gasteiger partial charge on any atom is -0.359 e. The summed E-state index contributed by atoms with van der Waals surface area (Å²) >= 11 is 7.50. The number of nitrogens with one attached hydrogen (secondary N) is 1. The summed E-state index contributed by atoms with van der Waals surface area (Å²) in [4.78, 5) is 4.56. The summed E-state index contributed by atoms with van der Waals surface area (Å²) in [6, 6.07) is 8.21. The van der Waals surface area contributed by atoms with Crippen LogP contribution in [0, 0.1) is 0 Å². The molecule has 0 radical (unpaired) electrons. The van der Waals surface area contributed by atoms with Crippen LogP contribution < -0.4 is 5.32 Å². The van der Waals surface area contributed by atoms with Gasteiger partial charge in [-0.3, -0.25) is 0 Å². The van der Waals surface area contributed by atoms with Gasteiger partial charge in [0.15, 0.2) is 5.13 Å². The Morgan fingerprint density at radius 1 is 1.35 bits per heavy atom. The summed E-state index contributed by atoms with van der Waals surface area (Å²) in [5, 5.41) is 7.17. The van der Waals surface area contributed by atoms with Gasteiger partial charge in [0.2, 0.25) is 0 Å². The molecule has 1 aromatic carbocycles. The van der Waals surface area contributed by atoms with E-state index in [1.54, 1.807) is 11.3 Å². The number of hydrogen-bond donors (Lipinski definition) is 1. The molecule has 0 unspecified atom stereocenters. The van der Waals surface area contributed by atoms with Crippen LogP contribution in [0.3, 0.4) is 0 Å². The Morgan fingerprint density at radius 3 is 2.71 bits per heavy atom. The van der Waals surface area contributed by atoms with Gasteiger partial charge < -0.3 is 5.32 Å². The monoisotopic (exact) mass is 266 g/mol. The third-order valence-corrected chi connectivity index (χ3v) is 3.65. The molecule has 1 heterocycles. The maximum atomic E-state index is 5.86. The first-order chi connectivity index (χ1) is 8.19. The molecule has 17 heavy (non-hydrogen) atoms. The summed E-state index contributed by atoms with van der Waals surface area (Å²) in [7, 11) is 0. The highest BCUT2D eigenvalue weighted by Crippen LogP contribution is 2.26. The summed E-state index contributed by atoms with van der Waals surface area (Å²) < 4.78 is 0. The minimum atomic E-state index is 0.458. The van der Waals surface area contributed by atoms with Crippen molar-refractivity contribution in [2.75, 3.05) is 5.32 Å². The van der Waals surface area contributed by atoms with E-state index in [2.05, 4.69) is 29.5 Å². The molecule has 0 fully saturated rings. The number of hydrogen-bond acceptors (Lipinski definition) is 3. The van der Waals surface area contributed by atoms with Gasteiger partial charge in [-0.15, -0.1) is 11.3 Å². The quantitative estimate of drug-likeness (QED) is 0.870. The Morgan fingerprint density at radius 2 is 2.06 bits per heavy atom. The first-order valence-electron chi connectivity index (χ1n) is 5.67. The summed E-state index contributed by atoms with van der Waals surface area (Å²) in [5.41, 5.74) is 2.10. The average Bonchev–Trinajstić information content (AvgIpc) is 2.78. The third-order valence-electron chi connectivity index (χ3n) is 2.63. The van der Waals surface area contributed by atoms with E-state index in [0.717, 1.165) is 27.8 Å². The second-order valence-corrected chi connectivity index (χ2v) is 5.29. The number of benzene rings is 1. The normalized spacial score (nSPS) is 12.4. The fourth-order valence-electron chi connectivity index (χ4n) is 1.41. The third kappa shape index (κ3) is 3.20. The SMILES string of the molecule is CC[C@@H](C)Nc1nc(-c2ccc(Cl)cc2)cs1. The van der Waals surface area contributed by atoms with Crippen LogP contribution in [0.5, 0.6) is 0 Å². The van der Waals surface area contributed by atoms with Crippen molar-refractivity contribution in [2.24, 2.45) is 0 Å². The zero-order valence-electron chi connectivity index (χ0n) is 9.90. The molecule has 2 nitrogen and oxygen atoms in total. The lowest BCUT2D eigenvalue weighted by molar-refractivity contribution is 0.763. The molecular weight excluding hydrogens is 252 g/mol. The van der Waals surface area contributed by atoms with Crippen molar-refractivity contribution >= 4 is 28.1 Å². The standard InChI is InChI=1S/C13H15ClN2S/c1-3-9(2)15-13-16-12(8-17-13)10-4-6-11(14)7-5-10/h4-9H,3H2,1-2H3,(H,15,16)/t9-/m1/s1. The molecule has 0 aliphatic carbocycles. The predicted octanol–water partition coefficient (Wildman–Crippen LogP) is 4.67. The van der Waals surface area contributed by atoms with Crippen LogP contribution in [0.15, 0.2) is 29.6 Å². The van der Waals surface area contributed by atoms with E-state index in [-0.39, 0.29) is 0 Å². The molecular formula is C13H15ClN2S. The van der Waals surface area contributed by atoms with E-state index in [9.17, 15) is 0 Å². The zero-order valence-corrected chi connectivity index (χ0v) is 11.5. The molecule has 1 aromatic heterocycles. The van der Waals surface area contributed by atoms with Crippen molar-refractivity contribution in [1.82, 2.24) is 4.98 Å². The van der Waals surface area contributed by atoms with Crippen molar-refractivity contribution in [3.63, 3.8) is 0 Å². The van der Waals surface area contributed by atoms with E-state index in [4.69, 9.17) is 11.6 Å². The van der Waals surface area contributed by atoms with Gasteiger partial charge in [0.1, 0.15) is 0 Å². The molecule has 0 aliphatic rings. The largest absolute Gasteiger partial charge is 0.359 e. The first-order valence-corrected chi connectivity index (χ1v) is 6.93. The van der Waals surface area contributed by atoms with Crippen molar-refractivity contribution in [1.29, 1.82) is 0 Å². The molecule has 2 aromatic rings. The van der Waals surface area contributed by atoms with Gasteiger partial charge in [-0.1, -0.05) is 30.7 Å². The number of thiazole rings is 1. The van der Waals surface area contributed by atoms with Gasteiger partial charge in [-0.05, 0) is 25.5 Å². The minimum absolute atomic E-state index is 0.458. The molecule has 4 heteroatoms. The summed E-state index contributed by atoms with van der Waals surface area (Å²) in [6.45, 7) is 4.31. The Labute approximate surface area is 111 Å². The molecule has 2 rings (SSSR count). The van der Waals surface area contributed by atoms with Gasteiger partial charge in [0.25, 0.3) is 0 Å². The molecule has 0 amide bonds. The van der Waals surface area contributed by atoms with Crippen molar-refractivity contribution in [3.8, 4) is 11.3 Å². The van der Waals surface area contributed by atoms with Crippen LogP contribution in [0.1, 0.15) is 20.3 Å². The zero-order chi connectivity index (χ0) is 12.3. The van der Waals surface area contributed by atoms with Gasteiger partial charge in [0, 0.05) is 22.0 Å². The average molecular weight is 267 g/mol. The Balaban J connectivity index is 2.15. The predicted molar refractivity (Wildman–Crippen MR) is 75.9 cm³/mol. The topological polar surface area (TPSA) is 24.9 Å². The van der Waals surface area contributed by atoms with E-state index in [0.29, 0.717) is 6.04 Å². The maximum Gasteiger partial charge on any atom is 0.183 e. The number of anilines is 1. The second kappa shape index (κ2) is 5.52. The van der Waals surface area contributed by atoms with Gasteiger partial charge >= 0.3 is 0 Å². The highest BCUT2D eigenvalue weighted by molar-refractivity contribution is 7.14. The number of rotatable bonds is 4. The number of halogens is 1. The highest BCUT2D eigenvalue weighted by atomic mass is 35.5. The van der Waals surface area contributed by atoms with E-state index < -0.39 is 0 Å². The van der Waals surface area contributed by atoms with Crippen molar-refractivity contribution in [3.05, 3.63) is 34.7 Å². The molecule has 0 bridgehead atoms. The lowest BCUT2D eigenvalue weighted by atomic mass is 10.2. The van der Waals surface area contributed by atoms with Gasteiger partial charge in [-0.2, -0.15) is 0 Å². The molecule has 0 saturated heterocycles. The van der Waals surface area contributed by atoms with Crippen LogP contribution in [0.2, 0.25) is 5.02 Å². The fourth-order valence-corrected chi connectivity index (χ4v) is 2.36. The van der Waals surface area contributed by atoms with E-state index in [1.165, 1.54) is 0 Å². The van der Waals surface area contributed by atoms with E-state index in [1.807, 2.05) is 24.3 Å². The van der Waals surface area contributed by atoms with Gasteiger partial charge in [0.05, 0.1) is 5.69 Å². The summed E-state index contributed by atoms with van der Waals surface area (Å²) in [6.07, 6.45) is 1.09. The van der Waals surface area contributed by atoms with Crippen LogP contribution in [0.4, 0.5) is 5.13 Å². The van der Waals surface area contributed by atoms with Crippen molar-refractivity contribution in [2.45, 2.75) is 26.3 Å². The van der Waals surface area contributed by atoms with E-state index >= 15 is 0 Å². The number of nitrogens with zero attached hydrogens (tertiary/aromatic N) is 1. The molecule has 0 saturated carbocycles. The second-order valence-electron chi connectivity index (χ2n) is 4.00. The molecule has 0 spiro atoms. The highest BCUT2D eigenvalue weighted by Gasteiger charge is 2.06. The Hall–Kier alpha value is -1.06. The van der Waals surface area contributed by atoms with Crippen LogP contribution >= 0.6 is 22.9 Å². The van der Waals surface area contributed by atoms with Crippen LogP contribution in [-0.4, -0.2) is 11.0 Å². The lowest BCUT2D eigenvalue weighted by Gasteiger charge is -2.08. The summed E-state index contributed by atoms with van der Waals surface area (Å²) in [5.74, 6) is 0. The Kier molecular flexibility index (Phi) is 4.02. The maximum absolute atomic E-state index is 5.86. The van der Waals surface area contributed by atoms with Gasteiger partial charge in [-0.25, -0.2) is 4.98 Å². The molecule has 1 N–H and O–H groups in total. The molecule has 0 aliphatic heterocycles. The Bertz CT molecular complexity index is 478. The van der Waals surface area contributed by atoms with Crippen molar-refractivity contribution < 1.29 is 0 Å². The molecule has 1 atom stereocenters. The fraction of sp³-hybridized carbons (Fsp3) is 0.308.